The Morgan fingerprint density at radius 1 is 1.14 bits per heavy atom. The van der Waals surface area contributed by atoms with Gasteiger partial charge in [-0.05, 0) is 70.4 Å². The van der Waals surface area contributed by atoms with E-state index in [1.165, 1.54) is 57.9 Å². The van der Waals surface area contributed by atoms with Crippen LogP contribution in [0.15, 0.2) is 0 Å². The Morgan fingerprint density at radius 3 is 2.67 bits per heavy atom. The first kappa shape index (κ1) is 15.3. The van der Waals surface area contributed by atoms with E-state index in [2.05, 4.69) is 23.2 Å². The molecule has 1 N–H and O–H groups in total. The van der Waals surface area contributed by atoms with Crippen molar-refractivity contribution in [3.8, 4) is 6.07 Å². The van der Waals surface area contributed by atoms with E-state index in [1.807, 2.05) is 0 Å². The number of nitrogens with zero attached hydrogens (tertiary/aromatic N) is 2. The maximum absolute atomic E-state index is 9.68. The monoisotopic (exact) mass is 289 g/mol. The lowest BCUT2D eigenvalue weighted by molar-refractivity contribution is 0.0839. The number of likely N-dealkylation sites (tertiary alicyclic amines) is 1. The highest BCUT2D eigenvalue weighted by Gasteiger charge is 2.42. The molecule has 3 rings (SSSR count). The molecule has 3 unspecified atom stereocenters. The quantitative estimate of drug-likeness (QED) is 0.861. The molecule has 1 heterocycles. The molecule has 2 saturated carbocycles. The second kappa shape index (κ2) is 6.67. The molecule has 21 heavy (non-hydrogen) atoms. The van der Waals surface area contributed by atoms with Gasteiger partial charge in [0.15, 0.2) is 0 Å². The van der Waals surface area contributed by atoms with Crippen molar-refractivity contribution in [1.82, 2.24) is 10.2 Å². The van der Waals surface area contributed by atoms with Crippen LogP contribution in [0, 0.1) is 17.2 Å². The van der Waals surface area contributed by atoms with Gasteiger partial charge in [0.2, 0.25) is 0 Å². The van der Waals surface area contributed by atoms with Crippen molar-refractivity contribution in [1.29, 1.82) is 5.26 Å². The van der Waals surface area contributed by atoms with E-state index >= 15 is 0 Å². The second-order valence-corrected chi connectivity index (χ2v) is 7.47. The molecule has 3 aliphatic rings. The van der Waals surface area contributed by atoms with Crippen molar-refractivity contribution < 1.29 is 0 Å². The van der Waals surface area contributed by atoms with Gasteiger partial charge in [0.1, 0.15) is 5.54 Å². The average molecular weight is 289 g/mol. The third kappa shape index (κ3) is 3.12. The van der Waals surface area contributed by atoms with Crippen molar-refractivity contribution in [3.63, 3.8) is 0 Å². The minimum Gasteiger partial charge on any atom is -0.300 e. The fraction of sp³-hybridized carbons (Fsp3) is 0.944. The summed E-state index contributed by atoms with van der Waals surface area (Å²) < 4.78 is 0. The van der Waals surface area contributed by atoms with Crippen LogP contribution in [0.25, 0.3) is 0 Å². The summed E-state index contributed by atoms with van der Waals surface area (Å²) in [6, 6.07) is 4.09. The molecule has 3 fully saturated rings. The first-order valence-electron chi connectivity index (χ1n) is 9.20. The first-order valence-corrected chi connectivity index (χ1v) is 9.20. The average Bonchev–Trinajstić information content (AvgIpc) is 3.18. The van der Waals surface area contributed by atoms with Crippen molar-refractivity contribution in [2.75, 3.05) is 13.1 Å². The Hall–Kier alpha value is -0.590. The molecule has 1 saturated heterocycles. The summed E-state index contributed by atoms with van der Waals surface area (Å²) in [4.78, 5) is 2.82. The zero-order chi connectivity index (χ0) is 14.7. The van der Waals surface area contributed by atoms with Crippen LogP contribution in [0.1, 0.15) is 71.1 Å². The number of nitrogens with one attached hydrogen (secondary N) is 1. The Bertz CT molecular complexity index is 378. The maximum Gasteiger partial charge on any atom is 0.108 e. The molecule has 0 spiro atoms. The first-order chi connectivity index (χ1) is 10.3. The van der Waals surface area contributed by atoms with Gasteiger partial charge in [-0.15, -0.1) is 0 Å². The molecule has 0 aromatic rings. The molecule has 0 aromatic heterocycles. The lowest BCUT2D eigenvalue weighted by Crippen LogP contribution is -2.54. The molecule has 0 aromatic carbocycles. The van der Waals surface area contributed by atoms with E-state index in [1.54, 1.807) is 0 Å². The molecule has 3 atom stereocenters. The Balaban J connectivity index is 1.68. The van der Waals surface area contributed by atoms with E-state index in [4.69, 9.17) is 0 Å². The summed E-state index contributed by atoms with van der Waals surface area (Å²) in [7, 11) is 0. The summed E-state index contributed by atoms with van der Waals surface area (Å²) in [6.45, 7) is 4.31. The lowest BCUT2D eigenvalue weighted by Gasteiger charge is -2.43. The maximum atomic E-state index is 9.68. The molecule has 1 aliphatic heterocycles. The SMILES string of the molecule is CCNC1(C#N)CCCC(N2CCCC2C2CCCC2)C1. The number of nitriles is 1. The number of hydrogen-bond acceptors (Lipinski definition) is 3. The van der Waals surface area contributed by atoms with Crippen molar-refractivity contribution in [2.24, 2.45) is 5.92 Å². The highest BCUT2D eigenvalue weighted by atomic mass is 15.2. The Labute approximate surface area is 130 Å². The Kier molecular flexibility index (Phi) is 4.86. The van der Waals surface area contributed by atoms with Gasteiger partial charge >= 0.3 is 0 Å². The largest absolute Gasteiger partial charge is 0.300 e. The molecule has 3 heteroatoms. The van der Waals surface area contributed by atoms with Crippen LogP contribution in [0.5, 0.6) is 0 Å². The van der Waals surface area contributed by atoms with Gasteiger partial charge in [-0.1, -0.05) is 19.8 Å². The molecule has 0 radical (unpaired) electrons. The molecule has 0 amide bonds. The minimum absolute atomic E-state index is 0.250. The van der Waals surface area contributed by atoms with Crippen molar-refractivity contribution in [3.05, 3.63) is 0 Å². The van der Waals surface area contributed by atoms with Gasteiger partial charge in [-0.2, -0.15) is 5.26 Å². The summed E-state index contributed by atoms with van der Waals surface area (Å²) in [6.07, 6.45) is 13.2. The van der Waals surface area contributed by atoms with Crippen molar-refractivity contribution in [2.45, 2.75) is 88.8 Å². The van der Waals surface area contributed by atoms with Gasteiger partial charge in [0, 0.05) is 12.1 Å². The highest BCUT2D eigenvalue weighted by molar-refractivity contribution is 5.11. The molecule has 2 aliphatic carbocycles. The fourth-order valence-corrected chi connectivity index (χ4v) is 5.29. The van der Waals surface area contributed by atoms with E-state index < -0.39 is 0 Å². The summed E-state index contributed by atoms with van der Waals surface area (Å²) in [5.74, 6) is 0.949. The minimum atomic E-state index is -0.250. The zero-order valence-corrected chi connectivity index (χ0v) is 13.6. The van der Waals surface area contributed by atoms with Crippen LogP contribution < -0.4 is 5.32 Å². The topological polar surface area (TPSA) is 39.1 Å². The van der Waals surface area contributed by atoms with Gasteiger partial charge < -0.3 is 0 Å². The lowest BCUT2D eigenvalue weighted by atomic mass is 9.78. The predicted molar refractivity (Wildman–Crippen MR) is 86.0 cm³/mol. The van der Waals surface area contributed by atoms with E-state index in [0.29, 0.717) is 6.04 Å². The van der Waals surface area contributed by atoms with E-state index in [9.17, 15) is 5.26 Å². The number of rotatable bonds is 4. The molecule has 118 valence electrons. The Morgan fingerprint density at radius 2 is 1.95 bits per heavy atom. The fourth-order valence-electron chi connectivity index (χ4n) is 5.29. The van der Waals surface area contributed by atoms with Crippen LogP contribution in [0.4, 0.5) is 0 Å². The van der Waals surface area contributed by atoms with Gasteiger partial charge in [0.25, 0.3) is 0 Å². The highest BCUT2D eigenvalue weighted by Crippen LogP contribution is 2.40. The predicted octanol–water partition coefficient (Wildman–Crippen LogP) is 3.46. The summed E-state index contributed by atoms with van der Waals surface area (Å²) >= 11 is 0. The van der Waals surface area contributed by atoms with Crippen molar-refractivity contribution >= 4 is 0 Å². The normalized spacial score (nSPS) is 38.7. The zero-order valence-electron chi connectivity index (χ0n) is 13.6. The van der Waals surface area contributed by atoms with Crippen LogP contribution in [0.2, 0.25) is 0 Å². The van der Waals surface area contributed by atoms with Crippen LogP contribution in [-0.4, -0.2) is 35.6 Å². The second-order valence-electron chi connectivity index (χ2n) is 7.47. The summed E-state index contributed by atoms with van der Waals surface area (Å²) in [5, 5.41) is 13.2. The molecule has 3 nitrogen and oxygen atoms in total. The standard InChI is InChI=1S/C18H31N3/c1-2-20-18(14-19)11-5-9-16(13-18)21-12-6-10-17(21)15-7-3-4-8-15/h15-17,20H,2-13H2,1H3. The number of hydrogen-bond donors (Lipinski definition) is 1. The third-order valence-electron chi connectivity index (χ3n) is 6.21. The third-order valence-corrected chi connectivity index (χ3v) is 6.21. The molecular formula is C18H31N3. The summed E-state index contributed by atoms with van der Waals surface area (Å²) in [5.41, 5.74) is -0.250. The van der Waals surface area contributed by atoms with Crippen LogP contribution >= 0.6 is 0 Å². The van der Waals surface area contributed by atoms with E-state index in [0.717, 1.165) is 31.3 Å². The molecule has 0 bridgehead atoms. The van der Waals surface area contributed by atoms with Gasteiger partial charge in [0.05, 0.1) is 6.07 Å². The molecular weight excluding hydrogens is 258 g/mol. The van der Waals surface area contributed by atoms with Crippen LogP contribution in [0.3, 0.4) is 0 Å². The smallest absolute Gasteiger partial charge is 0.108 e. The van der Waals surface area contributed by atoms with Gasteiger partial charge in [-0.25, -0.2) is 0 Å². The van der Waals surface area contributed by atoms with Gasteiger partial charge in [-0.3, -0.25) is 10.2 Å². The van der Waals surface area contributed by atoms with Crippen LogP contribution in [-0.2, 0) is 0 Å². The van der Waals surface area contributed by atoms with E-state index in [-0.39, 0.29) is 5.54 Å².